The van der Waals surface area contributed by atoms with Crippen LogP contribution in [0.5, 0.6) is 0 Å². The molecule has 1 atom stereocenters. The molecular formula is C13H14BrClN2S. The number of halogens is 2. The predicted molar refractivity (Wildman–Crippen MR) is 82.0 cm³/mol. The summed E-state index contributed by atoms with van der Waals surface area (Å²) in [4.78, 5) is 1.31. The summed E-state index contributed by atoms with van der Waals surface area (Å²) in [5.41, 5.74) is 4.12. The monoisotopic (exact) mass is 344 g/mol. The Balaban J connectivity index is 2.01. The minimum atomic E-state index is 0.223. The highest BCUT2D eigenvalue weighted by molar-refractivity contribution is 9.10. The van der Waals surface area contributed by atoms with Crippen LogP contribution in [0.3, 0.4) is 0 Å². The molecule has 2 aromatic rings. The Labute approximate surface area is 124 Å². The lowest BCUT2D eigenvalue weighted by molar-refractivity contribution is 0.525. The lowest BCUT2D eigenvalue weighted by Gasteiger charge is -2.15. The zero-order chi connectivity index (χ0) is 13.0. The molecule has 0 fully saturated rings. The van der Waals surface area contributed by atoms with Gasteiger partial charge in [0.15, 0.2) is 0 Å². The lowest BCUT2D eigenvalue weighted by Crippen LogP contribution is -2.38. The van der Waals surface area contributed by atoms with Gasteiger partial charge < -0.3 is 0 Å². The van der Waals surface area contributed by atoms with Crippen LogP contribution in [0.1, 0.15) is 10.4 Å². The molecule has 2 nitrogen and oxygen atoms in total. The maximum Gasteiger partial charge on any atom is 0.0406 e. The zero-order valence-corrected chi connectivity index (χ0v) is 12.9. The Bertz CT molecular complexity index is 498. The number of hydrogen-bond acceptors (Lipinski definition) is 3. The standard InChI is InChI=1S/C13H14BrClN2S/c14-12-5-6-18-13(12)8-11(17-16)7-9-1-3-10(15)4-2-9/h1-6,11,17H,7-8,16H2. The van der Waals surface area contributed by atoms with Gasteiger partial charge in [-0.3, -0.25) is 11.3 Å². The number of thiophene rings is 1. The first kappa shape index (κ1) is 14.0. The van der Waals surface area contributed by atoms with Crippen LogP contribution in [0.15, 0.2) is 40.2 Å². The van der Waals surface area contributed by atoms with Gasteiger partial charge in [-0.05, 0) is 57.9 Å². The molecule has 3 N–H and O–H groups in total. The zero-order valence-electron chi connectivity index (χ0n) is 9.70. The van der Waals surface area contributed by atoms with Crippen molar-refractivity contribution in [3.8, 4) is 0 Å². The summed E-state index contributed by atoms with van der Waals surface area (Å²) in [6, 6.07) is 10.2. The van der Waals surface area contributed by atoms with Crippen LogP contribution in [0.2, 0.25) is 5.02 Å². The van der Waals surface area contributed by atoms with E-state index < -0.39 is 0 Å². The highest BCUT2D eigenvalue weighted by atomic mass is 79.9. The smallest absolute Gasteiger partial charge is 0.0406 e. The number of rotatable bonds is 5. The van der Waals surface area contributed by atoms with E-state index in [1.165, 1.54) is 10.4 Å². The number of hydrazine groups is 1. The van der Waals surface area contributed by atoms with Crippen LogP contribution in [-0.4, -0.2) is 6.04 Å². The average Bonchev–Trinajstić information content (AvgIpc) is 2.77. The summed E-state index contributed by atoms with van der Waals surface area (Å²) in [6.07, 6.45) is 1.80. The van der Waals surface area contributed by atoms with E-state index in [-0.39, 0.29) is 6.04 Å². The molecule has 0 aliphatic rings. The third-order valence-electron chi connectivity index (χ3n) is 2.75. The molecule has 0 radical (unpaired) electrons. The first-order valence-corrected chi connectivity index (χ1v) is 7.66. The van der Waals surface area contributed by atoms with Gasteiger partial charge >= 0.3 is 0 Å². The molecule has 0 saturated heterocycles. The molecule has 18 heavy (non-hydrogen) atoms. The molecule has 1 aromatic heterocycles. The second-order valence-electron chi connectivity index (χ2n) is 4.09. The highest BCUT2D eigenvalue weighted by Crippen LogP contribution is 2.24. The Morgan fingerprint density at radius 3 is 2.50 bits per heavy atom. The summed E-state index contributed by atoms with van der Waals surface area (Å²) < 4.78 is 1.16. The summed E-state index contributed by atoms with van der Waals surface area (Å²) in [5, 5.41) is 2.84. The SMILES string of the molecule is NNC(Cc1ccc(Cl)cc1)Cc1sccc1Br. The van der Waals surface area contributed by atoms with E-state index in [9.17, 15) is 0 Å². The van der Waals surface area contributed by atoms with Gasteiger partial charge in [-0.15, -0.1) is 11.3 Å². The molecule has 1 heterocycles. The summed E-state index contributed by atoms with van der Waals surface area (Å²) >= 11 is 11.2. The fraction of sp³-hybridized carbons (Fsp3) is 0.231. The van der Waals surface area contributed by atoms with Gasteiger partial charge in [0, 0.05) is 20.4 Å². The number of hydrogen-bond donors (Lipinski definition) is 2. The quantitative estimate of drug-likeness (QED) is 0.639. The van der Waals surface area contributed by atoms with Gasteiger partial charge in [0.1, 0.15) is 0 Å². The lowest BCUT2D eigenvalue weighted by atomic mass is 10.0. The molecule has 2 rings (SSSR count). The van der Waals surface area contributed by atoms with E-state index in [0.717, 1.165) is 22.3 Å². The molecule has 0 aliphatic carbocycles. The minimum Gasteiger partial charge on any atom is -0.271 e. The highest BCUT2D eigenvalue weighted by Gasteiger charge is 2.11. The van der Waals surface area contributed by atoms with E-state index in [2.05, 4.69) is 32.8 Å². The van der Waals surface area contributed by atoms with Crippen molar-refractivity contribution < 1.29 is 0 Å². The maximum atomic E-state index is 5.87. The van der Waals surface area contributed by atoms with Gasteiger partial charge in [-0.2, -0.15) is 0 Å². The van der Waals surface area contributed by atoms with Crippen LogP contribution in [0, 0.1) is 0 Å². The summed E-state index contributed by atoms with van der Waals surface area (Å²) in [5.74, 6) is 5.63. The van der Waals surface area contributed by atoms with E-state index >= 15 is 0 Å². The van der Waals surface area contributed by atoms with E-state index in [0.29, 0.717) is 0 Å². The topological polar surface area (TPSA) is 38.0 Å². The molecule has 0 bridgehead atoms. The van der Waals surface area contributed by atoms with Crippen molar-refractivity contribution in [2.45, 2.75) is 18.9 Å². The van der Waals surface area contributed by atoms with E-state index in [4.69, 9.17) is 17.4 Å². The fourth-order valence-corrected chi connectivity index (χ4v) is 3.51. The molecule has 0 saturated carbocycles. The maximum absolute atomic E-state index is 5.87. The molecule has 5 heteroatoms. The normalized spacial score (nSPS) is 12.6. The van der Waals surface area contributed by atoms with Crippen molar-refractivity contribution in [1.82, 2.24) is 5.43 Å². The van der Waals surface area contributed by atoms with Crippen LogP contribution >= 0.6 is 38.9 Å². The van der Waals surface area contributed by atoms with E-state index in [1.54, 1.807) is 11.3 Å². The van der Waals surface area contributed by atoms with Gasteiger partial charge in [0.05, 0.1) is 0 Å². The third-order valence-corrected chi connectivity index (χ3v) is 4.95. The largest absolute Gasteiger partial charge is 0.271 e. The van der Waals surface area contributed by atoms with Crippen molar-refractivity contribution >= 4 is 38.9 Å². The summed E-state index contributed by atoms with van der Waals surface area (Å²) in [7, 11) is 0. The van der Waals surface area contributed by atoms with Gasteiger partial charge in [-0.25, -0.2) is 0 Å². The van der Waals surface area contributed by atoms with E-state index in [1.807, 2.05) is 24.3 Å². The van der Waals surface area contributed by atoms with Crippen LogP contribution in [0.25, 0.3) is 0 Å². The van der Waals surface area contributed by atoms with Crippen molar-refractivity contribution in [2.24, 2.45) is 5.84 Å². The van der Waals surface area contributed by atoms with Crippen LogP contribution in [0.4, 0.5) is 0 Å². The van der Waals surface area contributed by atoms with Gasteiger partial charge in [-0.1, -0.05) is 23.7 Å². The molecule has 0 spiro atoms. The molecule has 96 valence electrons. The fourth-order valence-electron chi connectivity index (χ4n) is 1.79. The van der Waals surface area contributed by atoms with Gasteiger partial charge in [0.25, 0.3) is 0 Å². The third kappa shape index (κ3) is 3.80. The predicted octanol–water partition coefficient (Wildman–Crippen LogP) is 3.78. The van der Waals surface area contributed by atoms with Crippen LogP contribution < -0.4 is 11.3 Å². The van der Waals surface area contributed by atoms with Gasteiger partial charge in [0.2, 0.25) is 0 Å². The first-order valence-electron chi connectivity index (χ1n) is 5.61. The molecule has 0 aliphatic heterocycles. The molecule has 1 unspecified atom stereocenters. The van der Waals surface area contributed by atoms with Crippen molar-refractivity contribution in [3.05, 3.63) is 55.6 Å². The number of nitrogens with two attached hydrogens (primary N) is 1. The molecular weight excluding hydrogens is 332 g/mol. The first-order chi connectivity index (χ1) is 8.69. The van der Waals surface area contributed by atoms with Crippen molar-refractivity contribution in [2.75, 3.05) is 0 Å². The van der Waals surface area contributed by atoms with Crippen molar-refractivity contribution in [1.29, 1.82) is 0 Å². The van der Waals surface area contributed by atoms with Crippen molar-refractivity contribution in [3.63, 3.8) is 0 Å². The minimum absolute atomic E-state index is 0.223. The second kappa shape index (κ2) is 6.68. The Kier molecular flexibility index (Phi) is 5.21. The Hall–Kier alpha value is -0.390. The molecule has 1 aromatic carbocycles. The summed E-state index contributed by atoms with van der Waals surface area (Å²) in [6.45, 7) is 0. The second-order valence-corrected chi connectivity index (χ2v) is 6.38. The Morgan fingerprint density at radius 2 is 1.94 bits per heavy atom. The Morgan fingerprint density at radius 1 is 1.22 bits per heavy atom. The number of nitrogens with one attached hydrogen (secondary N) is 1. The average molecular weight is 346 g/mol. The molecule has 0 amide bonds. The number of benzene rings is 1. The van der Waals surface area contributed by atoms with Crippen LogP contribution in [-0.2, 0) is 12.8 Å².